The molecular weight excluding hydrogens is 303 g/mol. The topological polar surface area (TPSA) is 64.7 Å². The van der Waals surface area contributed by atoms with Crippen LogP contribution in [0.1, 0.15) is 0 Å². The number of piperazine rings is 1. The predicted molar refractivity (Wildman–Crippen MR) is 80.3 cm³/mol. The summed E-state index contributed by atoms with van der Waals surface area (Å²) >= 11 is 10.8. The molecule has 1 aliphatic rings. The molecular formula is C12H22Cl2N4O2. The average Bonchev–Trinajstić information content (AvgIpc) is 2.48. The van der Waals surface area contributed by atoms with E-state index in [0.29, 0.717) is 13.1 Å². The highest BCUT2D eigenvalue weighted by Gasteiger charge is 2.16. The number of hydrogen-bond donors (Lipinski definition) is 2. The minimum atomic E-state index is -0.125. The Labute approximate surface area is 129 Å². The lowest BCUT2D eigenvalue weighted by Crippen LogP contribution is -2.50. The molecule has 0 saturated carbocycles. The van der Waals surface area contributed by atoms with E-state index in [1.54, 1.807) is 0 Å². The van der Waals surface area contributed by atoms with Gasteiger partial charge in [0.05, 0.1) is 0 Å². The predicted octanol–water partition coefficient (Wildman–Crippen LogP) is -0.686. The van der Waals surface area contributed by atoms with Gasteiger partial charge in [-0.05, 0) is 0 Å². The van der Waals surface area contributed by atoms with Crippen molar-refractivity contribution in [3.05, 3.63) is 0 Å². The van der Waals surface area contributed by atoms with Crippen LogP contribution in [0.15, 0.2) is 0 Å². The molecule has 1 heterocycles. The maximum atomic E-state index is 11.0. The summed E-state index contributed by atoms with van der Waals surface area (Å²) in [6, 6.07) is 0. The molecule has 0 atom stereocenters. The number of amides is 2. The van der Waals surface area contributed by atoms with Crippen LogP contribution >= 0.6 is 23.2 Å². The van der Waals surface area contributed by atoms with E-state index in [1.165, 1.54) is 0 Å². The first-order valence-corrected chi connectivity index (χ1v) is 7.82. The summed E-state index contributed by atoms with van der Waals surface area (Å²) in [7, 11) is 0. The van der Waals surface area contributed by atoms with Gasteiger partial charge < -0.3 is 10.6 Å². The molecule has 1 saturated heterocycles. The molecule has 0 spiro atoms. The van der Waals surface area contributed by atoms with E-state index in [-0.39, 0.29) is 23.6 Å². The van der Waals surface area contributed by atoms with Crippen LogP contribution in [-0.2, 0) is 9.59 Å². The molecule has 0 unspecified atom stereocenters. The standard InChI is InChI=1S/C12H22Cl2N4O2/c13-9-11(19)15-1-3-17-5-7-18(8-6-17)4-2-16-12(20)10-14/h1-10H2,(H,15,19)(H,16,20). The van der Waals surface area contributed by atoms with Crippen LogP contribution in [0.5, 0.6) is 0 Å². The quantitative estimate of drug-likeness (QED) is 0.580. The number of nitrogens with zero attached hydrogens (tertiary/aromatic N) is 2. The molecule has 0 bridgehead atoms. The fraction of sp³-hybridized carbons (Fsp3) is 0.833. The Morgan fingerprint density at radius 3 is 1.45 bits per heavy atom. The number of carbonyl (C=O) groups is 2. The zero-order chi connectivity index (χ0) is 14.8. The summed E-state index contributed by atoms with van der Waals surface area (Å²) < 4.78 is 0. The first-order valence-electron chi connectivity index (χ1n) is 6.75. The summed E-state index contributed by atoms with van der Waals surface area (Å²) in [4.78, 5) is 26.6. The first kappa shape index (κ1) is 17.5. The van der Waals surface area contributed by atoms with E-state index in [2.05, 4.69) is 20.4 Å². The normalized spacial score (nSPS) is 16.9. The van der Waals surface area contributed by atoms with Crippen LogP contribution in [0.2, 0.25) is 0 Å². The van der Waals surface area contributed by atoms with E-state index in [1.807, 2.05) is 0 Å². The van der Waals surface area contributed by atoms with E-state index in [0.717, 1.165) is 39.3 Å². The second-order valence-electron chi connectivity index (χ2n) is 4.65. The third-order valence-electron chi connectivity index (χ3n) is 3.21. The number of hydrogen-bond acceptors (Lipinski definition) is 4. The smallest absolute Gasteiger partial charge is 0.234 e. The number of halogens is 2. The largest absolute Gasteiger partial charge is 0.354 e. The van der Waals surface area contributed by atoms with Gasteiger partial charge in [0.15, 0.2) is 0 Å². The van der Waals surface area contributed by atoms with Gasteiger partial charge in [-0.1, -0.05) is 0 Å². The van der Waals surface area contributed by atoms with E-state index in [4.69, 9.17) is 23.2 Å². The third-order valence-corrected chi connectivity index (χ3v) is 3.69. The van der Waals surface area contributed by atoms with E-state index in [9.17, 15) is 9.59 Å². The van der Waals surface area contributed by atoms with Gasteiger partial charge in [0.2, 0.25) is 11.8 Å². The first-order chi connectivity index (χ1) is 9.65. The Kier molecular flexibility index (Phi) is 8.93. The van der Waals surface area contributed by atoms with Gasteiger partial charge in [-0.15, -0.1) is 23.2 Å². The van der Waals surface area contributed by atoms with Crippen molar-refractivity contribution in [1.82, 2.24) is 20.4 Å². The van der Waals surface area contributed by atoms with Crippen molar-refractivity contribution in [3.63, 3.8) is 0 Å². The lowest BCUT2D eigenvalue weighted by Gasteiger charge is -2.34. The second-order valence-corrected chi connectivity index (χ2v) is 5.18. The van der Waals surface area contributed by atoms with Gasteiger partial charge in [0, 0.05) is 52.4 Å². The van der Waals surface area contributed by atoms with Crippen LogP contribution in [-0.4, -0.2) is 85.7 Å². The molecule has 2 amide bonds. The van der Waals surface area contributed by atoms with Crippen LogP contribution in [0.3, 0.4) is 0 Å². The maximum absolute atomic E-state index is 11.0. The minimum absolute atomic E-state index is 0.0157. The Morgan fingerprint density at radius 1 is 0.800 bits per heavy atom. The molecule has 0 aromatic rings. The van der Waals surface area contributed by atoms with Crippen molar-refractivity contribution in [1.29, 1.82) is 0 Å². The van der Waals surface area contributed by atoms with Crippen LogP contribution in [0.25, 0.3) is 0 Å². The molecule has 8 heteroatoms. The maximum Gasteiger partial charge on any atom is 0.234 e. The zero-order valence-electron chi connectivity index (χ0n) is 11.5. The highest BCUT2D eigenvalue weighted by Crippen LogP contribution is 2.00. The summed E-state index contributed by atoms with van der Waals surface area (Å²) in [5.74, 6) is -0.218. The molecule has 2 N–H and O–H groups in total. The number of rotatable bonds is 8. The Bertz CT molecular complexity index is 280. The van der Waals surface area contributed by atoms with Crippen molar-refractivity contribution in [2.75, 3.05) is 64.1 Å². The molecule has 6 nitrogen and oxygen atoms in total. The van der Waals surface area contributed by atoms with Gasteiger partial charge in [-0.2, -0.15) is 0 Å². The Morgan fingerprint density at radius 2 is 1.15 bits per heavy atom. The fourth-order valence-electron chi connectivity index (χ4n) is 2.04. The van der Waals surface area contributed by atoms with Crippen molar-refractivity contribution in [3.8, 4) is 0 Å². The highest BCUT2D eigenvalue weighted by atomic mass is 35.5. The van der Waals surface area contributed by atoms with Crippen LogP contribution < -0.4 is 10.6 Å². The van der Waals surface area contributed by atoms with Crippen molar-refractivity contribution < 1.29 is 9.59 Å². The Hall–Kier alpha value is -0.560. The molecule has 1 aliphatic heterocycles. The van der Waals surface area contributed by atoms with Gasteiger partial charge in [0.25, 0.3) is 0 Å². The molecule has 0 radical (unpaired) electrons. The van der Waals surface area contributed by atoms with Gasteiger partial charge >= 0.3 is 0 Å². The van der Waals surface area contributed by atoms with Crippen molar-refractivity contribution in [2.24, 2.45) is 0 Å². The molecule has 0 aromatic heterocycles. The zero-order valence-corrected chi connectivity index (χ0v) is 13.0. The van der Waals surface area contributed by atoms with E-state index >= 15 is 0 Å². The summed E-state index contributed by atoms with van der Waals surface area (Å²) in [5, 5.41) is 5.52. The third kappa shape index (κ3) is 7.28. The van der Waals surface area contributed by atoms with Gasteiger partial charge in [-0.3, -0.25) is 19.4 Å². The fourth-order valence-corrected chi connectivity index (χ4v) is 2.23. The van der Waals surface area contributed by atoms with Gasteiger partial charge in [-0.25, -0.2) is 0 Å². The van der Waals surface area contributed by atoms with Crippen LogP contribution in [0, 0.1) is 0 Å². The number of alkyl halides is 2. The molecule has 1 fully saturated rings. The summed E-state index contributed by atoms with van der Waals surface area (Å²) in [6.07, 6.45) is 0. The lowest BCUT2D eigenvalue weighted by molar-refractivity contribution is -0.119. The summed E-state index contributed by atoms with van der Waals surface area (Å²) in [6.45, 7) is 6.86. The lowest BCUT2D eigenvalue weighted by atomic mass is 10.3. The Balaban J connectivity index is 2.05. The van der Waals surface area contributed by atoms with Gasteiger partial charge in [0.1, 0.15) is 11.8 Å². The van der Waals surface area contributed by atoms with Crippen molar-refractivity contribution >= 4 is 35.0 Å². The minimum Gasteiger partial charge on any atom is -0.354 e. The average molecular weight is 325 g/mol. The molecule has 0 aliphatic carbocycles. The number of nitrogens with one attached hydrogen (secondary N) is 2. The molecule has 20 heavy (non-hydrogen) atoms. The SMILES string of the molecule is O=C(CCl)NCCN1CCN(CCNC(=O)CCl)CC1. The second kappa shape index (κ2) is 10.2. The monoisotopic (exact) mass is 324 g/mol. The van der Waals surface area contributed by atoms with Crippen LogP contribution in [0.4, 0.5) is 0 Å². The van der Waals surface area contributed by atoms with E-state index < -0.39 is 0 Å². The van der Waals surface area contributed by atoms with Crippen molar-refractivity contribution in [2.45, 2.75) is 0 Å². The highest BCUT2D eigenvalue weighted by molar-refractivity contribution is 6.27. The molecule has 1 rings (SSSR count). The number of carbonyl (C=O) groups excluding carboxylic acids is 2. The molecule has 116 valence electrons. The summed E-state index contributed by atoms with van der Waals surface area (Å²) in [5.41, 5.74) is 0. The molecule has 0 aromatic carbocycles.